The summed E-state index contributed by atoms with van der Waals surface area (Å²) in [5.41, 5.74) is 5.67. The largest absolute Gasteiger partial charge is 0.365 e. The van der Waals surface area contributed by atoms with Gasteiger partial charge in [0.1, 0.15) is 17.2 Å². The third-order valence-corrected chi connectivity index (χ3v) is 4.47. The molecule has 0 aliphatic heterocycles. The molecular formula is C22H21N3. The lowest BCUT2D eigenvalue weighted by molar-refractivity contribution is 1.08. The third kappa shape index (κ3) is 3.13. The Hall–Kier alpha value is -3.07. The fraction of sp³-hybridized carbons (Fsp3) is 0.136. The maximum Gasteiger partial charge on any atom is 0.139 e. The average molecular weight is 327 g/mol. The highest BCUT2D eigenvalue weighted by molar-refractivity contribution is 5.76. The van der Waals surface area contributed by atoms with E-state index in [2.05, 4.69) is 71.4 Å². The Balaban J connectivity index is 1.74. The van der Waals surface area contributed by atoms with Crippen LogP contribution >= 0.6 is 0 Å². The molecule has 4 aromatic rings. The van der Waals surface area contributed by atoms with Crippen molar-refractivity contribution in [1.29, 1.82) is 0 Å². The summed E-state index contributed by atoms with van der Waals surface area (Å²) in [6, 6.07) is 25.2. The van der Waals surface area contributed by atoms with E-state index in [0.29, 0.717) is 0 Å². The minimum Gasteiger partial charge on any atom is -0.365 e. The van der Waals surface area contributed by atoms with E-state index in [0.717, 1.165) is 35.7 Å². The molecule has 0 aliphatic carbocycles. The molecule has 2 aromatic heterocycles. The fourth-order valence-corrected chi connectivity index (χ4v) is 3.05. The topological polar surface area (TPSA) is 29.3 Å². The second kappa shape index (κ2) is 6.81. The molecule has 0 saturated carbocycles. The van der Waals surface area contributed by atoms with E-state index in [9.17, 15) is 0 Å². The minimum absolute atomic E-state index is 0.767. The van der Waals surface area contributed by atoms with Gasteiger partial charge < -0.3 is 5.32 Å². The van der Waals surface area contributed by atoms with Gasteiger partial charge in [-0.2, -0.15) is 0 Å². The molecule has 25 heavy (non-hydrogen) atoms. The van der Waals surface area contributed by atoms with E-state index < -0.39 is 0 Å². The average Bonchev–Trinajstić information content (AvgIpc) is 3.06. The maximum atomic E-state index is 4.85. The summed E-state index contributed by atoms with van der Waals surface area (Å²) in [5.74, 6) is 1.03. The van der Waals surface area contributed by atoms with Gasteiger partial charge in [-0.15, -0.1) is 0 Å². The summed E-state index contributed by atoms with van der Waals surface area (Å²) >= 11 is 0. The highest BCUT2D eigenvalue weighted by Gasteiger charge is 2.13. The van der Waals surface area contributed by atoms with Crippen molar-refractivity contribution >= 4 is 11.5 Å². The summed E-state index contributed by atoms with van der Waals surface area (Å²) in [7, 11) is 0. The molecule has 3 heteroatoms. The van der Waals surface area contributed by atoms with Gasteiger partial charge >= 0.3 is 0 Å². The lowest BCUT2D eigenvalue weighted by atomic mass is 10.1. The monoisotopic (exact) mass is 327 g/mol. The van der Waals surface area contributed by atoms with Crippen LogP contribution in [0.2, 0.25) is 0 Å². The first-order valence-corrected chi connectivity index (χ1v) is 8.69. The molecule has 1 N–H and O–H groups in total. The minimum atomic E-state index is 0.767. The second-order valence-corrected chi connectivity index (χ2v) is 6.13. The van der Waals surface area contributed by atoms with Crippen LogP contribution in [-0.2, 0) is 13.0 Å². The van der Waals surface area contributed by atoms with Crippen LogP contribution in [0.3, 0.4) is 0 Å². The van der Waals surface area contributed by atoms with Crippen LogP contribution in [0.4, 0.5) is 5.82 Å². The molecule has 3 nitrogen and oxygen atoms in total. The van der Waals surface area contributed by atoms with E-state index in [1.807, 2.05) is 24.3 Å². The number of imidazole rings is 1. The molecule has 0 bridgehead atoms. The number of nitrogens with zero attached hydrogens (tertiary/aromatic N) is 2. The molecule has 0 unspecified atom stereocenters. The van der Waals surface area contributed by atoms with Gasteiger partial charge in [0, 0.05) is 18.3 Å². The fourth-order valence-electron chi connectivity index (χ4n) is 3.05. The van der Waals surface area contributed by atoms with Crippen LogP contribution < -0.4 is 5.32 Å². The third-order valence-electron chi connectivity index (χ3n) is 4.47. The molecule has 124 valence electrons. The summed E-state index contributed by atoms with van der Waals surface area (Å²) < 4.78 is 2.12. The van der Waals surface area contributed by atoms with E-state index in [-0.39, 0.29) is 0 Å². The number of hydrogen-bond acceptors (Lipinski definition) is 2. The van der Waals surface area contributed by atoms with Crippen LogP contribution in [0.25, 0.3) is 16.9 Å². The van der Waals surface area contributed by atoms with Crippen LogP contribution in [0.5, 0.6) is 0 Å². The van der Waals surface area contributed by atoms with Gasteiger partial charge in [0.2, 0.25) is 0 Å². The lowest BCUT2D eigenvalue weighted by Crippen LogP contribution is -2.03. The zero-order valence-electron chi connectivity index (χ0n) is 14.3. The standard InChI is InChI=1S/C22H21N3/c1-2-17-11-13-19(14-12-17)21-22(23-16-18-8-4-3-5-9-18)25-15-7-6-10-20(25)24-21/h3-15,23H,2,16H2,1H3. The van der Waals surface area contributed by atoms with Crippen molar-refractivity contribution in [3.05, 3.63) is 90.1 Å². The quantitative estimate of drug-likeness (QED) is 0.547. The predicted octanol–water partition coefficient (Wildman–Crippen LogP) is 5.18. The number of pyridine rings is 1. The number of fused-ring (bicyclic) bond motifs is 1. The zero-order valence-corrected chi connectivity index (χ0v) is 14.3. The molecule has 0 atom stereocenters. The summed E-state index contributed by atoms with van der Waals surface area (Å²) in [6.07, 6.45) is 3.10. The van der Waals surface area contributed by atoms with Gasteiger partial charge in [-0.3, -0.25) is 4.40 Å². The number of aryl methyl sites for hydroxylation is 1. The number of nitrogens with one attached hydrogen (secondary N) is 1. The van der Waals surface area contributed by atoms with Crippen molar-refractivity contribution in [3.63, 3.8) is 0 Å². The van der Waals surface area contributed by atoms with Crippen LogP contribution in [0.1, 0.15) is 18.1 Å². The van der Waals surface area contributed by atoms with Gasteiger partial charge in [0.05, 0.1) is 0 Å². The van der Waals surface area contributed by atoms with E-state index >= 15 is 0 Å². The second-order valence-electron chi connectivity index (χ2n) is 6.13. The SMILES string of the molecule is CCc1ccc(-c2nc3ccccn3c2NCc2ccccc2)cc1. The Morgan fingerprint density at radius 3 is 2.36 bits per heavy atom. The highest BCUT2D eigenvalue weighted by Crippen LogP contribution is 2.29. The molecule has 0 fully saturated rings. The Labute approximate surface area is 148 Å². The zero-order chi connectivity index (χ0) is 17.1. The molecule has 2 aromatic carbocycles. The molecule has 0 spiro atoms. The maximum absolute atomic E-state index is 4.85. The van der Waals surface area contributed by atoms with Crippen LogP contribution in [0.15, 0.2) is 79.0 Å². The Morgan fingerprint density at radius 1 is 0.840 bits per heavy atom. The molecular weight excluding hydrogens is 306 g/mol. The van der Waals surface area contributed by atoms with Crippen molar-refractivity contribution in [2.45, 2.75) is 19.9 Å². The van der Waals surface area contributed by atoms with Crippen molar-refractivity contribution in [3.8, 4) is 11.3 Å². The Bertz CT molecular complexity index is 969. The van der Waals surface area contributed by atoms with Gasteiger partial charge in [-0.1, -0.05) is 67.6 Å². The van der Waals surface area contributed by atoms with Crippen molar-refractivity contribution in [2.24, 2.45) is 0 Å². The number of anilines is 1. The Kier molecular flexibility index (Phi) is 4.21. The number of benzene rings is 2. The van der Waals surface area contributed by atoms with E-state index in [4.69, 9.17) is 4.98 Å². The smallest absolute Gasteiger partial charge is 0.139 e. The van der Waals surface area contributed by atoms with Gasteiger partial charge in [-0.05, 0) is 29.7 Å². The van der Waals surface area contributed by atoms with E-state index in [1.165, 1.54) is 11.1 Å². The van der Waals surface area contributed by atoms with Gasteiger partial charge in [0.15, 0.2) is 0 Å². The Morgan fingerprint density at radius 2 is 1.60 bits per heavy atom. The summed E-state index contributed by atoms with van der Waals surface area (Å²) in [6.45, 7) is 2.94. The van der Waals surface area contributed by atoms with Crippen LogP contribution in [0, 0.1) is 0 Å². The van der Waals surface area contributed by atoms with Crippen LogP contribution in [-0.4, -0.2) is 9.38 Å². The molecule has 0 radical (unpaired) electrons. The molecule has 0 aliphatic rings. The molecule has 4 rings (SSSR count). The van der Waals surface area contributed by atoms with Crippen molar-refractivity contribution in [1.82, 2.24) is 9.38 Å². The number of rotatable bonds is 5. The van der Waals surface area contributed by atoms with E-state index in [1.54, 1.807) is 0 Å². The lowest BCUT2D eigenvalue weighted by Gasteiger charge is -2.09. The summed E-state index contributed by atoms with van der Waals surface area (Å²) in [4.78, 5) is 4.85. The first-order chi connectivity index (χ1) is 12.3. The van der Waals surface area contributed by atoms with Crippen molar-refractivity contribution < 1.29 is 0 Å². The molecule has 0 amide bonds. The predicted molar refractivity (Wildman–Crippen MR) is 104 cm³/mol. The van der Waals surface area contributed by atoms with Crippen molar-refractivity contribution in [2.75, 3.05) is 5.32 Å². The number of aromatic nitrogens is 2. The number of hydrogen-bond donors (Lipinski definition) is 1. The highest BCUT2D eigenvalue weighted by atomic mass is 15.1. The molecule has 0 saturated heterocycles. The normalized spacial score (nSPS) is 10.9. The molecule has 2 heterocycles. The van der Waals surface area contributed by atoms with Gasteiger partial charge in [0.25, 0.3) is 0 Å². The first kappa shape index (κ1) is 15.5. The summed E-state index contributed by atoms with van der Waals surface area (Å²) in [5, 5.41) is 3.58. The van der Waals surface area contributed by atoms with Gasteiger partial charge in [-0.25, -0.2) is 4.98 Å². The first-order valence-electron chi connectivity index (χ1n) is 8.69.